The van der Waals surface area contributed by atoms with Gasteiger partial charge in [0.2, 0.25) is 0 Å². The van der Waals surface area contributed by atoms with Crippen molar-refractivity contribution in [3.05, 3.63) is 29.8 Å². The van der Waals surface area contributed by atoms with Crippen molar-refractivity contribution in [3.63, 3.8) is 0 Å². The Kier molecular flexibility index (Phi) is 5.36. The molecule has 0 bridgehead atoms. The van der Waals surface area contributed by atoms with Crippen LogP contribution in [0, 0.1) is 0 Å². The van der Waals surface area contributed by atoms with Gasteiger partial charge in [-0.3, -0.25) is 0 Å². The van der Waals surface area contributed by atoms with Crippen LogP contribution in [0.25, 0.3) is 0 Å². The van der Waals surface area contributed by atoms with Crippen molar-refractivity contribution in [2.75, 3.05) is 6.61 Å². The van der Waals surface area contributed by atoms with Gasteiger partial charge in [0.25, 0.3) is 0 Å². The standard InChI is InChI=1S/C15H22O4/c1-11(2)18-10-9-15(3,4)19-13-7-5-12(6-8-13)14(16)17/h5-8,11H,9-10H2,1-4H3,(H,16,17). The van der Waals surface area contributed by atoms with Gasteiger partial charge in [0.1, 0.15) is 11.4 Å². The second-order valence-corrected chi connectivity index (χ2v) is 5.36. The topological polar surface area (TPSA) is 55.8 Å². The van der Waals surface area contributed by atoms with Crippen LogP contribution in [0.15, 0.2) is 24.3 Å². The van der Waals surface area contributed by atoms with E-state index in [2.05, 4.69) is 0 Å². The summed E-state index contributed by atoms with van der Waals surface area (Å²) in [7, 11) is 0. The predicted molar refractivity (Wildman–Crippen MR) is 73.8 cm³/mol. The lowest BCUT2D eigenvalue weighted by Gasteiger charge is -2.27. The summed E-state index contributed by atoms with van der Waals surface area (Å²) in [6.45, 7) is 8.61. The first-order valence-electron chi connectivity index (χ1n) is 6.44. The molecule has 0 spiro atoms. The molecule has 0 saturated heterocycles. The first-order valence-corrected chi connectivity index (χ1v) is 6.44. The normalized spacial score (nSPS) is 11.6. The molecule has 0 radical (unpaired) electrons. The van der Waals surface area contributed by atoms with Gasteiger partial charge < -0.3 is 14.6 Å². The van der Waals surface area contributed by atoms with Crippen LogP contribution in [-0.4, -0.2) is 29.4 Å². The van der Waals surface area contributed by atoms with E-state index in [4.69, 9.17) is 14.6 Å². The highest BCUT2D eigenvalue weighted by molar-refractivity contribution is 5.87. The summed E-state index contributed by atoms with van der Waals surface area (Å²) in [6.07, 6.45) is 0.983. The Labute approximate surface area is 114 Å². The monoisotopic (exact) mass is 266 g/mol. The molecule has 0 atom stereocenters. The van der Waals surface area contributed by atoms with E-state index in [9.17, 15) is 4.79 Å². The molecule has 19 heavy (non-hydrogen) atoms. The van der Waals surface area contributed by atoms with Gasteiger partial charge in [0, 0.05) is 6.42 Å². The maximum Gasteiger partial charge on any atom is 0.335 e. The number of ether oxygens (including phenoxy) is 2. The van der Waals surface area contributed by atoms with Gasteiger partial charge >= 0.3 is 5.97 Å². The molecule has 0 aliphatic heterocycles. The van der Waals surface area contributed by atoms with Crippen molar-refractivity contribution >= 4 is 5.97 Å². The maximum absolute atomic E-state index is 10.7. The zero-order valence-electron chi connectivity index (χ0n) is 12.0. The fourth-order valence-corrected chi connectivity index (χ4v) is 1.58. The van der Waals surface area contributed by atoms with Crippen LogP contribution in [-0.2, 0) is 4.74 Å². The first-order chi connectivity index (χ1) is 8.80. The summed E-state index contributed by atoms with van der Waals surface area (Å²) >= 11 is 0. The van der Waals surface area contributed by atoms with E-state index in [0.717, 1.165) is 6.42 Å². The zero-order valence-corrected chi connectivity index (χ0v) is 12.0. The molecule has 4 nitrogen and oxygen atoms in total. The van der Waals surface area contributed by atoms with Crippen LogP contribution in [0.5, 0.6) is 5.75 Å². The summed E-state index contributed by atoms with van der Waals surface area (Å²) in [4.78, 5) is 10.7. The molecule has 0 saturated carbocycles. The number of aromatic carboxylic acids is 1. The van der Waals surface area contributed by atoms with E-state index < -0.39 is 5.97 Å². The highest BCUT2D eigenvalue weighted by atomic mass is 16.5. The molecular formula is C15H22O4. The van der Waals surface area contributed by atoms with Gasteiger partial charge in [-0.1, -0.05) is 0 Å². The second kappa shape index (κ2) is 6.57. The van der Waals surface area contributed by atoms with Gasteiger partial charge in [-0.2, -0.15) is 0 Å². The quantitative estimate of drug-likeness (QED) is 0.822. The molecule has 4 heteroatoms. The van der Waals surface area contributed by atoms with Gasteiger partial charge in [-0.05, 0) is 52.0 Å². The van der Waals surface area contributed by atoms with Crippen molar-refractivity contribution in [3.8, 4) is 5.75 Å². The fourth-order valence-electron chi connectivity index (χ4n) is 1.58. The first kappa shape index (κ1) is 15.5. The Morgan fingerprint density at radius 3 is 2.32 bits per heavy atom. The van der Waals surface area contributed by atoms with E-state index >= 15 is 0 Å². The highest BCUT2D eigenvalue weighted by Gasteiger charge is 2.20. The van der Waals surface area contributed by atoms with Crippen molar-refractivity contribution in [1.29, 1.82) is 0 Å². The van der Waals surface area contributed by atoms with Crippen molar-refractivity contribution < 1.29 is 19.4 Å². The lowest BCUT2D eigenvalue weighted by atomic mass is 10.1. The van der Waals surface area contributed by atoms with Crippen LogP contribution < -0.4 is 4.74 Å². The van der Waals surface area contributed by atoms with Crippen LogP contribution in [0.3, 0.4) is 0 Å². The van der Waals surface area contributed by atoms with E-state index in [0.29, 0.717) is 12.4 Å². The number of rotatable bonds is 7. The fraction of sp³-hybridized carbons (Fsp3) is 0.533. The molecule has 0 amide bonds. The summed E-state index contributed by atoms with van der Waals surface area (Å²) in [5.74, 6) is -0.268. The molecule has 106 valence electrons. The average molecular weight is 266 g/mol. The van der Waals surface area contributed by atoms with E-state index in [1.807, 2.05) is 27.7 Å². The Bertz CT molecular complexity index is 407. The van der Waals surface area contributed by atoms with Gasteiger partial charge in [-0.15, -0.1) is 0 Å². The van der Waals surface area contributed by atoms with Crippen LogP contribution >= 0.6 is 0 Å². The van der Waals surface area contributed by atoms with E-state index in [1.54, 1.807) is 24.3 Å². The molecule has 1 N–H and O–H groups in total. The minimum Gasteiger partial charge on any atom is -0.488 e. The van der Waals surface area contributed by atoms with E-state index in [1.165, 1.54) is 0 Å². The zero-order chi connectivity index (χ0) is 14.5. The predicted octanol–water partition coefficient (Wildman–Crippen LogP) is 3.36. The SMILES string of the molecule is CC(C)OCCC(C)(C)Oc1ccc(C(=O)O)cc1. The number of hydrogen-bond donors (Lipinski definition) is 1. The molecule has 1 rings (SSSR count). The molecule has 0 aliphatic carbocycles. The Morgan fingerprint density at radius 2 is 1.84 bits per heavy atom. The maximum atomic E-state index is 10.7. The molecule has 0 heterocycles. The molecular weight excluding hydrogens is 244 g/mol. The third-order valence-corrected chi connectivity index (χ3v) is 2.65. The van der Waals surface area contributed by atoms with Crippen molar-refractivity contribution in [2.45, 2.75) is 45.8 Å². The van der Waals surface area contributed by atoms with E-state index in [-0.39, 0.29) is 17.3 Å². The molecule has 0 unspecified atom stereocenters. The molecule has 0 aromatic heterocycles. The highest BCUT2D eigenvalue weighted by Crippen LogP contribution is 2.21. The van der Waals surface area contributed by atoms with Gasteiger partial charge in [0.15, 0.2) is 0 Å². The van der Waals surface area contributed by atoms with Gasteiger partial charge in [0.05, 0.1) is 18.3 Å². The average Bonchev–Trinajstić information content (AvgIpc) is 2.28. The number of benzene rings is 1. The number of carbonyl (C=O) groups is 1. The molecule has 1 aromatic carbocycles. The van der Waals surface area contributed by atoms with Crippen molar-refractivity contribution in [1.82, 2.24) is 0 Å². The smallest absolute Gasteiger partial charge is 0.335 e. The van der Waals surface area contributed by atoms with Crippen LogP contribution in [0.4, 0.5) is 0 Å². The van der Waals surface area contributed by atoms with Crippen molar-refractivity contribution in [2.24, 2.45) is 0 Å². The number of carboxylic acids is 1. The molecule has 0 aliphatic rings. The minimum absolute atomic E-state index is 0.214. The minimum atomic E-state index is -0.934. The Hall–Kier alpha value is -1.55. The summed E-state index contributed by atoms with van der Waals surface area (Å²) in [5.41, 5.74) is -0.0899. The third-order valence-electron chi connectivity index (χ3n) is 2.65. The number of carboxylic acid groups (broad SMARTS) is 1. The largest absolute Gasteiger partial charge is 0.488 e. The lowest BCUT2D eigenvalue weighted by molar-refractivity contribution is 0.0231. The summed E-state index contributed by atoms with van der Waals surface area (Å²) in [5, 5.41) is 8.82. The van der Waals surface area contributed by atoms with Crippen LogP contribution in [0.2, 0.25) is 0 Å². The summed E-state index contributed by atoms with van der Waals surface area (Å²) in [6, 6.07) is 6.43. The Morgan fingerprint density at radius 1 is 1.26 bits per heavy atom. The van der Waals surface area contributed by atoms with Gasteiger partial charge in [-0.25, -0.2) is 4.79 Å². The summed E-state index contributed by atoms with van der Waals surface area (Å²) < 4.78 is 11.4. The third kappa shape index (κ3) is 5.75. The Balaban J connectivity index is 2.54. The second-order valence-electron chi connectivity index (χ2n) is 5.36. The van der Waals surface area contributed by atoms with Crippen LogP contribution in [0.1, 0.15) is 44.5 Å². The lowest BCUT2D eigenvalue weighted by Crippen LogP contribution is -2.30. The molecule has 0 fully saturated rings. The molecule has 1 aromatic rings. The number of hydrogen-bond acceptors (Lipinski definition) is 3.